The lowest BCUT2D eigenvalue weighted by Crippen LogP contribution is -2.47. The van der Waals surface area contributed by atoms with Gasteiger partial charge in [-0.15, -0.1) is 0 Å². The first-order valence-electron chi connectivity index (χ1n) is 8.95. The fraction of sp³-hybridized carbons (Fsp3) is 0.474. The van der Waals surface area contributed by atoms with E-state index >= 15 is 0 Å². The van der Waals surface area contributed by atoms with Gasteiger partial charge >= 0.3 is 0 Å². The highest BCUT2D eigenvalue weighted by molar-refractivity contribution is 5.53. The molecule has 1 aliphatic heterocycles. The van der Waals surface area contributed by atoms with Gasteiger partial charge in [-0.25, -0.2) is 18.7 Å². The van der Waals surface area contributed by atoms with Crippen LogP contribution in [-0.4, -0.2) is 43.3 Å². The van der Waals surface area contributed by atoms with E-state index in [0.717, 1.165) is 50.5 Å². The first kappa shape index (κ1) is 17.0. The summed E-state index contributed by atoms with van der Waals surface area (Å²) in [7, 11) is 1.66. The van der Waals surface area contributed by atoms with Gasteiger partial charge < -0.3 is 14.5 Å². The third-order valence-electron chi connectivity index (χ3n) is 4.94. The van der Waals surface area contributed by atoms with Crippen molar-refractivity contribution in [2.75, 3.05) is 43.1 Å². The van der Waals surface area contributed by atoms with E-state index in [1.165, 1.54) is 6.07 Å². The molecule has 138 valence electrons. The number of aromatic nitrogens is 2. The summed E-state index contributed by atoms with van der Waals surface area (Å²) < 4.78 is 31.7. The molecule has 0 amide bonds. The number of hydrogen-bond donors (Lipinski definition) is 0. The zero-order valence-electron chi connectivity index (χ0n) is 14.7. The smallest absolute Gasteiger partial charge is 0.280 e. The van der Waals surface area contributed by atoms with Crippen LogP contribution in [0.1, 0.15) is 36.7 Å². The number of rotatable bonds is 5. The highest BCUT2D eigenvalue weighted by Gasteiger charge is 2.29. The summed E-state index contributed by atoms with van der Waals surface area (Å²) in [6, 6.07) is 9.41. The SMILES string of the molecule is COc1cccc(N2CCN(c3cc(C(F)F)nc(C4CC4)n3)CC2)c1. The van der Waals surface area contributed by atoms with E-state index in [-0.39, 0.29) is 11.6 Å². The topological polar surface area (TPSA) is 41.5 Å². The normalized spacial score (nSPS) is 17.7. The van der Waals surface area contributed by atoms with Crippen molar-refractivity contribution in [1.82, 2.24) is 9.97 Å². The number of piperazine rings is 1. The molecular weight excluding hydrogens is 338 g/mol. The minimum absolute atomic E-state index is 0.160. The molecule has 1 aliphatic carbocycles. The number of methoxy groups -OCH3 is 1. The highest BCUT2D eigenvalue weighted by atomic mass is 19.3. The molecule has 1 aromatic heterocycles. The van der Waals surface area contributed by atoms with Gasteiger partial charge in [-0.05, 0) is 25.0 Å². The molecular formula is C19H22F2N4O. The lowest BCUT2D eigenvalue weighted by Gasteiger charge is -2.37. The maximum atomic E-state index is 13.2. The first-order chi connectivity index (χ1) is 12.6. The summed E-state index contributed by atoms with van der Waals surface area (Å²) in [6.07, 6.45) is -0.571. The van der Waals surface area contributed by atoms with Crippen LogP contribution in [-0.2, 0) is 0 Å². The van der Waals surface area contributed by atoms with Crippen LogP contribution in [0.5, 0.6) is 5.75 Å². The molecule has 1 aromatic carbocycles. The highest BCUT2D eigenvalue weighted by Crippen LogP contribution is 2.39. The zero-order valence-corrected chi connectivity index (χ0v) is 14.7. The van der Waals surface area contributed by atoms with Gasteiger partial charge in [0.1, 0.15) is 23.1 Å². The Balaban J connectivity index is 1.49. The maximum Gasteiger partial charge on any atom is 0.280 e. The fourth-order valence-corrected chi connectivity index (χ4v) is 3.27. The van der Waals surface area contributed by atoms with Crippen molar-refractivity contribution in [3.8, 4) is 5.75 Å². The largest absolute Gasteiger partial charge is 0.497 e. The third kappa shape index (κ3) is 3.57. The second-order valence-corrected chi connectivity index (χ2v) is 6.76. The predicted molar refractivity (Wildman–Crippen MR) is 96.4 cm³/mol. The Labute approximate surface area is 151 Å². The van der Waals surface area contributed by atoms with E-state index in [2.05, 4.69) is 25.8 Å². The molecule has 4 rings (SSSR count). The molecule has 0 bridgehead atoms. The average molecular weight is 360 g/mol. The predicted octanol–water partition coefficient (Wildman–Crippen LogP) is 3.63. The van der Waals surface area contributed by atoms with Crippen LogP contribution in [0.25, 0.3) is 0 Å². The monoisotopic (exact) mass is 360 g/mol. The summed E-state index contributed by atoms with van der Waals surface area (Å²) in [5.74, 6) is 2.29. The van der Waals surface area contributed by atoms with Gasteiger partial charge in [0.2, 0.25) is 0 Å². The lowest BCUT2D eigenvalue weighted by molar-refractivity contribution is 0.145. The average Bonchev–Trinajstić information content (AvgIpc) is 3.53. The van der Waals surface area contributed by atoms with Gasteiger partial charge in [-0.3, -0.25) is 0 Å². The molecule has 0 spiro atoms. The molecule has 0 radical (unpaired) electrons. The Morgan fingerprint density at radius 3 is 2.42 bits per heavy atom. The maximum absolute atomic E-state index is 13.2. The number of hydrogen-bond acceptors (Lipinski definition) is 5. The van der Waals surface area contributed by atoms with E-state index in [9.17, 15) is 8.78 Å². The van der Waals surface area contributed by atoms with Gasteiger partial charge in [-0.2, -0.15) is 0 Å². The molecule has 2 heterocycles. The van der Waals surface area contributed by atoms with Gasteiger partial charge in [0.25, 0.3) is 6.43 Å². The number of nitrogens with zero attached hydrogens (tertiary/aromatic N) is 4. The first-order valence-corrected chi connectivity index (χ1v) is 8.95. The summed E-state index contributed by atoms with van der Waals surface area (Å²) in [4.78, 5) is 13.0. The van der Waals surface area contributed by atoms with Crippen LogP contribution >= 0.6 is 0 Å². The second-order valence-electron chi connectivity index (χ2n) is 6.76. The third-order valence-corrected chi connectivity index (χ3v) is 4.94. The van der Waals surface area contributed by atoms with Crippen LogP contribution < -0.4 is 14.5 Å². The Morgan fingerprint density at radius 1 is 1.04 bits per heavy atom. The number of ether oxygens (including phenoxy) is 1. The van der Waals surface area contributed by atoms with Gasteiger partial charge in [0, 0.05) is 49.9 Å². The number of halogens is 2. The number of alkyl halides is 2. The standard InChI is InChI=1S/C19H22F2N4O/c1-26-15-4-2-3-14(11-15)24-7-9-25(10-8-24)17-12-16(18(20)21)22-19(23-17)13-5-6-13/h2-4,11-13,18H,5-10H2,1H3. The minimum Gasteiger partial charge on any atom is -0.497 e. The van der Waals surface area contributed by atoms with Gasteiger partial charge in [0.15, 0.2) is 0 Å². The Morgan fingerprint density at radius 2 is 1.77 bits per heavy atom. The van der Waals surface area contributed by atoms with Crippen molar-refractivity contribution in [1.29, 1.82) is 0 Å². The van der Waals surface area contributed by atoms with Crippen LogP contribution in [0.4, 0.5) is 20.3 Å². The quantitative estimate of drug-likeness (QED) is 0.815. The van der Waals surface area contributed by atoms with Crippen LogP contribution in [0.2, 0.25) is 0 Å². The van der Waals surface area contributed by atoms with E-state index in [1.54, 1.807) is 7.11 Å². The van der Waals surface area contributed by atoms with E-state index in [0.29, 0.717) is 11.6 Å². The lowest BCUT2D eigenvalue weighted by atomic mass is 10.2. The molecule has 1 saturated heterocycles. The Hall–Kier alpha value is -2.44. The number of anilines is 2. The van der Waals surface area contributed by atoms with E-state index in [4.69, 9.17) is 4.74 Å². The Bertz CT molecular complexity index is 754. The molecule has 0 atom stereocenters. The van der Waals surface area contributed by atoms with Crippen molar-refractivity contribution < 1.29 is 13.5 Å². The summed E-state index contributed by atoms with van der Waals surface area (Å²) in [5.41, 5.74) is 0.950. The van der Waals surface area contributed by atoms with Gasteiger partial charge in [0.05, 0.1) is 7.11 Å². The van der Waals surface area contributed by atoms with Gasteiger partial charge in [-0.1, -0.05) is 6.07 Å². The van der Waals surface area contributed by atoms with E-state index in [1.807, 2.05) is 18.2 Å². The summed E-state index contributed by atoms with van der Waals surface area (Å²) in [5, 5.41) is 0. The molecule has 7 heteroatoms. The molecule has 2 aliphatic rings. The summed E-state index contributed by atoms with van der Waals surface area (Å²) >= 11 is 0. The van der Waals surface area contributed by atoms with Crippen molar-refractivity contribution in [3.63, 3.8) is 0 Å². The molecule has 5 nitrogen and oxygen atoms in total. The fourth-order valence-electron chi connectivity index (χ4n) is 3.27. The molecule has 0 unspecified atom stereocenters. The summed E-state index contributed by atoms with van der Waals surface area (Å²) in [6.45, 7) is 3.09. The van der Waals surface area contributed by atoms with Crippen molar-refractivity contribution in [2.45, 2.75) is 25.2 Å². The van der Waals surface area contributed by atoms with Crippen molar-refractivity contribution >= 4 is 11.5 Å². The zero-order chi connectivity index (χ0) is 18.1. The minimum atomic E-state index is -2.56. The van der Waals surface area contributed by atoms with E-state index < -0.39 is 6.43 Å². The van der Waals surface area contributed by atoms with Crippen molar-refractivity contribution in [2.24, 2.45) is 0 Å². The van der Waals surface area contributed by atoms with Crippen LogP contribution in [0.15, 0.2) is 30.3 Å². The van der Waals surface area contributed by atoms with Crippen LogP contribution in [0.3, 0.4) is 0 Å². The number of benzene rings is 1. The molecule has 2 aromatic rings. The molecule has 26 heavy (non-hydrogen) atoms. The van der Waals surface area contributed by atoms with Crippen LogP contribution in [0, 0.1) is 0 Å². The second kappa shape index (κ2) is 7.05. The molecule has 2 fully saturated rings. The molecule has 0 N–H and O–H groups in total. The Kier molecular flexibility index (Phi) is 4.61. The van der Waals surface area contributed by atoms with Crippen molar-refractivity contribution in [3.05, 3.63) is 41.9 Å². The molecule has 1 saturated carbocycles.